The molecule has 1 N–H and O–H groups in total. The normalized spacial score (nSPS) is 21.5. The highest BCUT2D eigenvalue weighted by Gasteiger charge is 2.26. The molecule has 1 fully saturated rings. The standard InChI is InChI=1S/C16H34N2/c1-6-18(16-10-8-7-9-11-16)15(5)14(4)12-17-13(2)3/h13-17H,6-12H2,1-5H3. The molecule has 0 radical (unpaired) electrons. The monoisotopic (exact) mass is 254 g/mol. The molecule has 0 heterocycles. The van der Waals surface area contributed by atoms with E-state index in [1.165, 1.54) is 38.6 Å². The second-order valence-corrected chi connectivity index (χ2v) is 6.40. The van der Waals surface area contributed by atoms with Crippen molar-refractivity contribution in [3.63, 3.8) is 0 Å². The Morgan fingerprint density at radius 3 is 2.17 bits per heavy atom. The number of nitrogens with zero attached hydrogens (tertiary/aromatic N) is 1. The Balaban J connectivity index is 2.46. The third-order valence-electron chi connectivity index (χ3n) is 4.60. The van der Waals surface area contributed by atoms with Gasteiger partial charge in [0.2, 0.25) is 0 Å². The van der Waals surface area contributed by atoms with Gasteiger partial charge in [-0.2, -0.15) is 0 Å². The fourth-order valence-corrected chi connectivity index (χ4v) is 3.21. The molecule has 18 heavy (non-hydrogen) atoms. The first-order valence-electron chi connectivity index (χ1n) is 8.05. The van der Waals surface area contributed by atoms with E-state index in [0.29, 0.717) is 12.1 Å². The molecule has 2 atom stereocenters. The van der Waals surface area contributed by atoms with Gasteiger partial charge in [-0.25, -0.2) is 0 Å². The van der Waals surface area contributed by atoms with Gasteiger partial charge in [-0.15, -0.1) is 0 Å². The Morgan fingerprint density at radius 1 is 1.06 bits per heavy atom. The van der Waals surface area contributed by atoms with Crippen LogP contribution < -0.4 is 5.32 Å². The van der Waals surface area contributed by atoms with E-state index in [1.54, 1.807) is 0 Å². The maximum atomic E-state index is 3.58. The Morgan fingerprint density at radius 2 is 1.67 bits per heavy atom. The molecule has 0 saturated heterocycles. The predicted octanol–water partition coefficient (Wildman–Crippen LogP) is 3.66. The van der Waals surface area contributed by atoms with Crippen LogP contribution in [-0.4, -0.2) is 36.1 Å². The zero-order chi connectivity index (χ0) is 13.5. The first-order chi connectivity index (χ1) is 8.56. The first-order valence-corrected chi connectivity index (χ1v) is 8.05. The van der Waals surface area contributed by atoms with E-state index in [2.05, 4.69) is 44.8 Å². The summed E-state index contributed by atoms with van der Waals surface area (Å²) in [6.07, 6.45) is 7.16. The van der Waals surface area contributed by atoms with E-state index >= 15 is 0 Å². The van der Waals surface area contributed by atoms with Crippen molar-refractivity contribution in [2.24, 2.45) is 5.92 Å². The maximum absolute atomic E-state index is 3.58. The van der Waals surface area contributed by atoms with Gasteiger partial charge in [0.15, 0.2) is 0 Å². The van der Waals surface area contributed by atoms with Gasteiger partial charge in [0.05, 0.1) is 0 Å². The van der Waals surface area contributed by atoms with Gasteiger partial charge in [-0.05, 0) is 38.8 Å². The van der Waals surface area contributed by atoms with Crippen molar-refractivity contribution in [3.8, 4) is 0 Å². The van der Waals surface area contributed by atoms with Gasteiger partial charge in [0, 0.05) is 18.1 Å². The molecule has 0 aromatic carbocycles. The van der Waals surface area contributed by atoms with Crippen molar-refractivity contribution < 1.29 is 0 Å². The largest absolute Gasteiger partial charge is 0.314 e. The van der Waals surface area contributed by atoms with Crippen LogP contribution in [-0.2, 0) is 0 Å². The minimum Gasteiger partial charge on any atom is -0.314 e. The average molecular weight is 254 g/mol. The van der Waals surface area contributed by atoms with Crippen LogP contribution in [0.1, 0.15) is 66.7 Å². The highest BCUT2D eigenvalue weighted by atomic mass is 15.2. The Kier molecular flexibility index (Phi) is 7.25. The lowest BCUT2D eigenvalue weighted by molar-refractivity contribution is 0.0883. The Labute approximate surface area is 115 Å². The summed E-state index contributed by atoms with van der Waals surface area (Å²) in [5, 5.41) is 3.58. The molecule has 1 rings (SSSR count). The third-order valence-corrected chi connectivity index (χ3v) is 4.60. The highest BCUT2D eigenvalue weighted by molar-refractivity contribution is 4.82. The molecule has 2 nitrogen and oxygen atoms in total. The molecule has 108 valence electrons. The van der Waals surface area contributed by atoms with Crippen molar-refractivity contribution in [3.05, 3.63) is 0 Å². The van der Waals surface area contributed by atoms with Crippen molar-refractivity contribution >= 4 is 0 Å². The lowest BCUT2D eigenvalue weighted by atomic mass is 9.91. The van der Waals surface area contributed by atoms with Crippen LogP contribution >= 0.6 is 0 Å². The van der Waals surface area contributed by atoms with Crippen LogP contribution in [0.15, 0.2) is 0 Å². The van der Waals surface area contributed by atoms with Crippen LogP contribution in [0.2, 0.25) is 0 Å². The van der Waals surface area contributed by atoms with E-state index in [0.717, 1.165) is 18.5 Å². The summed E-state index contributed by atoms with van der Waals surface area (Å²) in [6.45, 7) is 14.0. The maximum Gasteiger partial charge on any atom is 0.0107 e. The third kappa shape index (κ3) is 4.89. The van der Waals surface area contributed by atoms with Gasteiger partial charge < -0.3 is 5.32 Å². The van der Waals surface area contributed by atoms with Gasteiger partial charge in [0.25, 0.3) is 0 Å². The summed E-state index contributed by atoms with van der Waals surface area (Å²) in [4.78, 5) is 2.76. The molecule has 0 aromatic rings. The topological polar surface area (TPSA) is 15.3 Å². The summed E-state index contributed by atoms with van der Waals surface area (Å²) < 4.78 is 0. The number of hydrogen-bond donors (Lipinski definition) is 1. The number of hydrogen-bond acceptors (Lipinski definition) is 2. The van der Waals surface area contributed by atoms with E-state index in [1.807, 2.05) is 0 Å². The second-order valence-electron chi connectivity index (χ2n) is 6.40. The lowest BCUT2D eigenvalue weighted by Gasteiger charge is -2.40. The minimum atomic E-state index is 0.601. The van der Waals surface area contributed by atoms with Gasteiger partial charge in [-0.1, -0.05) is 47.0 Å². The summed E-state index contributed by atoms with van der Waals surface area (Å²) in [6, 6.07) is 2.15. The highest BCUT2D eigenvalue weighted by Crippen LogP contribution is 2.25. The average Bonchev–Trinajstić information content (AvgIpc) is 2.38. The van der Waals surface area contributed by atoms with Crippen molar-refractivity contribution in [1.29, 1.82) is 0 Å². The molecule has 0 amide bonds. The van der Waals surface area contributed by atoms with Gasteiger partial charge >= 0.3 is 0 Å². The van der Waals surface area contributed by atoms with E-state index in [9.17, 15) is 0 Å². The van der Waals surface area contributed by atoms with Crippen molar-refractivity contribution in [2.75, 3.05) is 13.1 Å². The second kappa shape index (κ2) is 8.16. The summed E-state index contributed by atoms with van der Waals surface area (Å²) in [7, 11) is 0. The van der Waals surface area contributed by atoms with Crippen LogP contribution in [0.5, 0.6) is 0 Å². The molecule has 0 spiro atoms. The van der Waals surface area contributed by atoms with Crippen molar-refractivity contribution in [1.82, 2.24) is 10.2 Å². The molecule has 1 aliphatic rings. The Hall–Kier alpha value is -0.0800. The smallest absolute Gasteiger partial charge is 0.0107 e. The Bertz CT molecular complexity index is 209. The zero-order valence-electron chi connectivity index (χ0n) is 13.2. The van der Waals surface area contributed by atoms with Crippen LogP contribution in [0.25, 0.3) is 0 Å². The van der Waals surface area contributed by atoms with E-state index in [-0.39, 0.29) is 0 Å². The number of nitrogens with one attached hydrogen (secondary N) is 1. The van der Waals surface area contributed by atoms with Gasteiger partial charge in [0.1, 0.15) is 0 Å². The summed E-state index contributed by atoms with van der Waals surface area (Å²) >= 11 is 0. The molecule has 0 aliphatic heterocycles. The molecule has 2 unspecified atom stereocenters. The fraction of sp³-hybridized carbons (Fsp3) is 1.00. The van der Waals surface area contributed by atoms with E-state index < -0.39 is 0 Å². The van der Waals surface area contributed by atoms with Gasteiger partial charge in [-0.3, -0.25) is 4.90 Å². The summed E-state index contributed by atoms with van der Waals surface area (Å²) in [5.41, 5.74) is 0. The van der Waals surface area contributed by atoms with E-state index in [4.69, 9.17) is 0 Å². The lowest BCUT2D eigenvalue weighted by Crippen LogP contribution is -2.47. The first kappa shape index (κ1) is 16.0. The molecular weight excluding hydrogens is 220 g/mol. The molecule has 2 heteroatoms. The fourth-order valence-electron chi connectivity index (χ4n) is 3.21. The molecule has 0 aromatic heterocycles. The van der Waals surface area contributed by atoms with Crippen molar-refractivity contribution in [2.45, 2.75) is 84.8 Å². The van der Waals surface area contributed by atoms with Crippen LogP contribution in [0.4, 0.5) is 0 Å². The van der Waals surface area contributed by atoms with Crippen LogP contribution in [0.3, 0.4) is 0 Å². The molecular formula is C16H34N2. The van der Waals surface area contributed by atoms with Crippen LogP contribution in [0, 0.1) is 5.92 Å². The molecule has 0 bridgehead atoms. The quantitative estimate of drug-likeness (QED) is 0.746. The predicted molar refractivity (Wildman–Crippen MR) is 81.0 cm³/mol. The summed E-state index contributed by atoms with van der Waals surface area (Å²) in [5.74, 6) is 0.731. The number of rotatable bonds is 7. The molecule has 1 saturated carbocycles. The minimum absolute atomic E-state index is 0.601. The SMILES string of the molecule is CCN(C1CCCCC1)C(C)C(C)CNC(C)C. The molecule has 1 aliphatic carbocycles. The zero-order valence-corrected chi connectivity index (χ0v) is 13.2.